The fourth-order valence-corrected chi connectivity index (χ4v) is 5.69. The molecular formula is C32H41ClN4O4S. The predicted octanol–water partition coefficient (Wildman–Crippen LogP) is 4.98. The van der Waals surface area contributed by atoms with E-state index in [9.17, 15) is 18.0 Å². The summed E-state index contributed by atoms with van der Waals surface area (Å²) in [5, 5.41) is 3.54. The van der Waals surface area contributed by atoms with E-state index in [1.165, 1.54) is 19.0 Å². The van der Waals surface area contributed by atoms with Gasteiger partial charge in [-0.1, -0.05) is 80.0 Å². The molecule has 10 heteroatoms. The minimum absolute atomic E-state index is 0.0885. The SMILES string of the molecule is Cc1ccc(C)c(N(CC(=O)N(Cc2ccc(Cl)cc2)[C@@H](Cc2ccccc2)C(=O)NCC(C)C)S(=O)(=O)N(C)C)c1. The Balaban J connectivity index is 2.11. The lowest BCUT2D eigenvalue weighted by Crippen LogP contribution is -2.54. The third-order valence-corrected chi connectivity index (χ3v) is 8.93. The van der Waals surface area contributed by atoms with Crippen molar-refractivity contribution in [3.63, 3.8) is 0 Å². The Hall–Kier alpha value is -3.40. The topological polar surface area (TPSA) is 90.0 Å². The van der Waals surface area contributed by atoms with E-state index in [1.54, 1.807) is 37.3 Å². The van der Waals surface area contributed by atoms with Crippen molar-refractivity contribution in [1.82, 2.24) is 14.5 Å². The molecule has 0 radical (unpaired) electrons. The normalized spacial score (nSPS) is 12.3. The molecule has 226 valence electrons. The first-order valence-corrected chi connectivity index (χ1v) is 15.7. The number of hydrogen-bond acceptors (Lipinski definition) is 4. The lowest BCUT2D eigenvalue weighted by Gasteiger charge is -2.35. The number of nitrogens with zero attached hydrogens (tertiary/aromatic N) is 3. The Morgan fingerprint density at radius 2 is 1.55 bits per heavy atom. The quantitative estimate of drug-likeness (QED) is 0.295. The molecule has 1 N–H and O–H groups in total. The van der Waals surface area contributed by atoms with E-state index in [-0.39, 0.29) is 24.8 Å². The number of carbonyl (C=O) groups excluding carboxylic acids is 2. The van der Waals surface area contributed by atoms with Gasteiger partial charge in [0.25, 0.3) is 0 Å². The monoisotopic (exact) mass is 612 g/mol. The van der Waals surface area contributed by atoms with E-state index in [1.807, 2.05) is 63.2 Å². The summed E-state index contributed by atoms with van der Waals surface area (Å²) in [7, 11) is -1.20. The highest BCUT2D eigenvalue weighted by Gasteiger charge is 2.35. The van der Waals surface area contributed by atoms with Crippen LogP contribution in [0.4, 0.5) is 5.69 Å². The van der Waals surface area contributed by atoms with E-state index >= 15 is 0 Å². The average molecular weight is 613 g/mol. The van der Waals surface area contributed by atoms with Gasteiger partial charge in [-0.3, -0.25) is 9.59 Å². The largest absolute Gasteiger partial charge is 0.354 e. The molecule has 1 atom stereocenters. The van der Waals surface area contributed by atoms with E-state index < -0.39 is 28.7 Å². The van der Waals surface area contributed by atoms with Gasteiger partial charge >= 0.3 is 10.2 Å². The first-order chi connectivity index (χ1) is 19.8. The summed E-state index contributed by atoms with van der Waals surface area (Å²) in [5.41, 5.74) is 3.61. The van der Waals surface area contributed by atoms with E-state index in [2.05, 4.69) is 5.32 Å². The first-order valence-electron chi connectivity index (χ1n) is 13.9. The molecule has 0 spiro atoms. The van der Waals surface area contributed by atoms with Crippen LogP contribution < -0.4 is 9.62 Å². The Kier molecular flexibility index (Phi) is 11.6. The van der Waals surface area contributed by atoms with Gasteiger partial charge < -0.3 is 10.2 Å². The maximum atomic E-state index is 14.3. The molecular weight excluding hydrogens is 572 g/mol. The highest BCUT2D eigenvalue weighted by molar-refractivity contribution is 7.90. The first kappa shape index (κ1) is 33.1. The third-order valence-electron chi connectivity index (χ3n) is 6.87. The van der Waals surface area contributed by atoms with Gasteiger partial charge in [0.05, 0.1) is 5.69 Å². The Bertz CT molecular complexity index is 1460. The highest BCUT2D eigenvalue weighted by Crippen LogP contribution is 2.26. The molecule has 3 aromatic rings. The molecule has 0 aromatic heterocycles. The molecule has 3 rings (SSSR count). The summed E-state index contributed by atoms with van der Waals surface area (Å²) in [6.07, 6.45) is 0.258. The Morgan fingerprint density at radius 1 is 0.905 bits per heavy atom. The van der Waals surface area contributed by atoms with Crippen LogP contribution in [0.15, 0.2) is 72.8 Å². The van der Waals surface area contributed by atoms with Crippen molar-refractivity contribution in [1.29, 1.82) is 0 Å². The van der Waals surface area contributed by atoms with Gasteiger partial charge in [0.2, 0.25) is 11.8 Å². The standard InChI is InChI=1S/C32H41ClN4O4S/c1-23(2)20-34-32(39)30(19-26-10-8-7-9-11-26)36(21-27-14-16-28(33)17-15-27)31(38)22-37(42(40,41)35(5)6)29-18-24(3)12-13-25(29)4/h7-18,23,30H,19-22H2,1-6H3,(H,34,39)/t30-/m0/s1. The van der Waals surface area contributed by atoms with Crippen LogP contribution in [0, 0.1) is 19.8 Å². The van der Waals surface area contributed by atoms with Crippen molar-refractivity contribution in [2.24, 2.45) is 5.92 Å². The van der Waals surface area contributed by atoms with Crippen LogP contribution in [0.5, 0.6) is 0 Å². The number of rotatable bonds is 13. The van der Waals surface area contributed by atoms with E-state index in [0.29, 0.717) is 22.8 Å². The number of hydrogen-bond donors (Lipinski definition) is 1. The maximum absolute atomic E-state index is 14.3. The van der Waals surface area contributed by atoms with Crippen LogP contribution in [0.3, 0.4) is 0 Å². The summed E-state index contributed by atoms with van der Waals surface area (Å²) < 4.78 is 29.4. The molecule has 0 bridgehead atoms. The van der Waals surface area contributed by atoms with Gasteiger partial charge in [-0.2, -0.15) is 12.7 Å². The van der Waals surface area contributed by atoms with Crippen LogP contribution in [0.25, 0.3) is 0 Å². The van der Waals surface area contributed by atoms with Crippen LogP contribution in [-0.2, 0) is 32.8 Å². The van der Waals surface area contributed by atoms with Crippen LogP contribution in [0.2, 0.25) is 5.02 Å². The number of halogens is 1. The minimum atomic E-state index is -4.06. The number of carbonyl (C=O) groups is 2. The smallest absolute Gasteiger partial charge is 0.304 e. The molecule has 0 saturated heterocycles. The Morgan fingerprint density at radius 3 is 2.14 bits per heavy atom. The molecule has 0 aliphatic heterocycles. The van der Waals surface area contributed by atoms with Crippen LogP contribution in [0.1, 0.15) is 36.1 Å². The zero-order valence-corrected chi connectivity index (χ0v) is 26.7. The van der Waals surface area contributed by atoms with Crippen LogP contribution >= 0.6 is 11.6 Å². The molecule has 0 heterocycles. The lowest BCUT2D eigenvalue weighted by atomic mass is 10.0. The number of nitrogens with one attached hydrogen (secondary N) is 1. The number of anilines is 1. The molecule has 2 amide bonds. The van der Waals surface area contributed by atoms with Crippen molar-refractivity contribution in [3.05, 3.63) is 100 Å². The molecule has 0 fully saturated rings. The molecule has 0 aliphatic rings. The van der Waals surface area contributed by atoms with Gasteiger partial charge in [0.1, 0.15) is 12.6 Å². The van der Waals surface area contributed by atoms with Crippen molar-refractivity contribution in [3.8, 4) is 0 Å². The molecule has 0 unspecified atom stereocenters. The summed E-state index contributed by atoms with van der Waals surface area (Å²) in [5.74, 6) is -0.600. The summed E-state index contributed by atoms with van der Waals surface area (Å²) in [4.78, 5) is 29.6. The van der Waals surface area contributed by atoms with Crippen molar-refractivity contribution in [2.45, 2.75) is 46.7 Å². The fourth-order valence-electron chi connectivity index (χ4n) is 4.45. The van der Waals surface area contributed by atoms with Crippen molar-refractivity contribution >= 4 is 39.3 Å². The lowest BCUT2D eigenvalue weighted by molar-refractivity contribution is -0.140. The second kappa shape index (κ2) is 14.7. The second-order valence-corrected chi connectivity index (χ2v) is 13.6. The molecule has 3 aromatic carbocycles. The zero-order valence-electron chi connectivity index (χ0n) is 25.2. The number of aryl methyl sites for hydroxylation is 2. The summed E-state index contributed by atoms with van der Waals surface area (Å²) in [6, 6.07) is 21.1. The summed E-state index contributed by atoms with van der Waals surface area (Å²) >= 11 is 6.12. The van der Waals surface area contributed by atoms with Crippen molar-refractivity contribution < 1.29 is 18.0 Å². The van der Waals surface area contributed by atoms with E-state index in [4.69, 9.17) is 11.6 Å². The molecule has 0 saturated carbocycles. The maximum Gasteiger partial charge on any atom is 0.304 e. The summed E-state index contributed by atoms with van der Waals surface area (Å²) in [6.45, 7) is 7.71. The fraction of sp³-hybridized carbons (Fsp3) is 0.375. The van der Waals surface area contributed by atoms with Gasteiger partial charge in [0, 0.05) is 38.6 Å². The second-order valence-electron chi connectivity index (χ2n) is 11.1. The van der Waals surface area contributed by atoms with E-state index in [0.717, 1.165) is 25.3 Å². The molecule has 0 aliphatic carbocycles. The van der Waals surface area contributed by atoms with Gasteiger partial charge in [0.15, 0.2) is 0 Å². The van der Waals surface area contributed by atoms with Gasteiger partial charge in [-0.15, -0.1) is 0 Å². The third kappa shape index (κ3) is 8.80. The van der Waals surface area contributed by atoms with Gasteiger partial charge in [-0.25, -0.2) is 4.31 Å². The zero-order chi connectivity index (χ0) is 31.0. The number of amides is 2. The number of benzene rings is 3. The minimum Gasteiger partial charge on any atom is -0.354 e. The van der Waals surface area contributed by atoms with Crippen LogP contribution in [-0.4, -0.2) is 62.7 Å². The van der Waals surface area contributed by atoms with Gasteiger partial charge in [-0.05, 0) is 60.2 Å². The average Bonchev–Trinajstić information content (AvgIpc) is 2.95. The van der Waals surface area contributed by atoms with Crippen molar-refractivity contribution in [2.75, 3.05) is 31.5 Å². The molecule has 8 nitrogen and oxygen atoms in total. The Labute approximate surface area is 255 Å². The highest BCUT2D eigenvalue weighted by atomic mass is 35.5. The molecule has 42 heavy (non-hydrogen) atoms. The predicted molar refractivity (Wildman–Crippen MR) is 170 cm³/mol.